The molecule has 0 spiro atoms. The van der Waals surface area contributed by atoms with Crippen molar-refractivity contribution in [1.82, 2.24) is 5.32 Å². The Morgan fingerprint density at radius 1 is 0.973 bits per heavy atom. The van der Waals surface area contributed by atoms with E-state index in [1.54, 1.807) is 5.32 Å². The minimum absolute atomic E-state index is 0.0397. The maximum absolute atomic E-state index is 13.6. The number of ketones is 1. The van der Waals surface area contributed by atoms with E-state index in [0.717, 1.165) is 18.2 Å². The molecule has 0 heterocycles. The number of hydrogen-bond donors (Lipinski definition) is 1. The second-order valence-electron chi connectivity index (χ2n) is 8.10. The first-order valence-electron chi connectivity index (χ1n) is 10.5. The van der Waals surface area contributed by atoms with Crippen LogP contribution in [0.15, 0.2) is 53.0 Å². The van der Waals surface area contributed by atoms with Crippen LogP contribution in [0.1, 0.15) is 46.3 Å². The number of nitrogens with one attached hydrogen (secondary N) is 1. The van der Waals surface area contributed by atoms with Gasteiger partial charge in [-0.3, -0.25) is 9.59 Å². The fourth-order valence-electron chi connectivity index (χ4n) is 3.23. The van der Waals surface area contributed by atoms with Crippen molar-refractivity contribution in [3.05, 3.63) is 75.3 Å². The summed E-state index contributed by atoms with van der Waals surface area (Å²) in [7, 11) is 0. The smallest absolute Gasteiger partial charge is 0.347 e. The maximum Gasteiger partial charge on any atom is 0.416 e. The molecule has 13 heteroatoms. The van der Waals surface area contributed by atoms with E-state index < -0.39 is 66.1 Å². The second-order valence-corrected chi connectivity index (χ2v) is 8.96. The summed E-state index contributed by atoms with van der Waals surface area (Å²) in [5.41, 5.74) is -1.61. The predicted molar refractivity (Wildman–Crippen MR) is 121 cm³/mol. The highest BCUT2D eigenvalue weighted by Gasteiger charge is 2.40. The van der Waals surface area contributed by atoms with Crippen molar-refractivity contribution in [2.24, 2.45) is 5.92 Å². The van der Waals surface area contributed by atoms with Gasteiger partial charge in [0.15, 0.2) is 5.78 Å². The SMILES string of the molecule is C[C@@H](CC(=O)c1ccc(/C=C/C(c2cccc(C(F)(F)F)c2)C(F)(F)F)cc1Br)C(=O)NCC(F)(F)F. The molecule has 0 radical (unpaired) electrons. The Bertz CT molecular complexity index is 1150. The van der Waals surface area contributed by atoms with E-state index in [1.807, 2.05) is 0 Å². The molecule has 0 fully saturated rings. The minimum atomic E-state index is -4.89. The van der Waals surface area contributed by atoms with Gasteiger partial charge < -0.3 is 5.32 Å². The topological polar surface area (TPSA) is 46.2 Å². The Balaban J connectivity index is 2.20. The van der Waals surface area contributed by atoms with Gasteiger partial charge in [0, 0.05) is 22.4 Å². The van der Waals surface area contributed by atoms with E-state index in [1.165, 1.54) is 25.1 Å². The molecule has 0 aliphatic heterocycles. The third-order valence-corrected chi connectivity index (χ3v) is 5.76. The van der Waals surface area contributed by atoms with Crippen LogP contribution in [-0.4, -0.2) is 30.6 Å². The van der Waals surface area contributed by atoms with E-state index >= 15 is 0 Å². The molecule has 2 aromatic carbocycles. The molecular weight excluding hydrogens is 585 g/mol. The molecule has 0 saturated heterocycles. The van der Waals surface area contributed by atoms with Gasteiger partial charge in [0.25, 0.3) is 0 Å². The van der Waals surface area contributed by atoms with E-state index in [4.69, 9.17) is 0 Å². The number of carbonyl (C=O) groups is 2. The van der Waals surface area contributed by atoms with Crippen LogP contribution in [0.2, 0.25) is 0 Å². The lowest BCUT2D eigenvalue weighted by Gasteiger charge is -2.19. The van der Waals surface area contributed by atoms with E-state index in [-0.39, 0.29) is 15.6 Å². The number of allylic oxidation sites excluding steroid dienone is 1. The molecule has 0 aliphatic carbocycles. The van der Waals surface area contributed by atoms with Gasteiger partial charge in [-0.05, 0) is 29.3 Å². The summed E-state index contributed by atoms with van der Waals surface area (Å²) in [6.45, 7) is -0.284. The first-order chi connectivity index (χ1) is 16.9. The number of amides is 1. The fourth-order valence-corrected chi connectivity index (χ4v) is 3.85. The third-order valence-electron chi connectivity index (χ3n) is 5.10. The van der Waals surface area contributed by atoms with E-state index in [2.05, 4.69) is 15.9 Å². The summed E-state index contributed by atoms with van der Waals surface area (Å²) in [4.78, 5) is 24.3. The van der Waals surface area contributed by atoms with Crippen molar-refractivity contribution < 1.29 is 49.1 Å². The quantitative estimate of drug-likeness (QED) is 0.248. The molecule has 0 bridgehead atoms. The zero-order valence-electron chi connectivity index (χ0n) is 18.9. The van der Waals surface area contributed by atoms with Crippen LogP contribution in [0.25, 0.3) is 6.08 Å². The number of carbonyl (C=O) groups excluding carboxylic acids is 2. The molecule has 1 unspecified atom stereocenters. The van der Waals surface area contributed by atoms with Crippen molar-refractivity contribution in [1.29, 1.82) is 0 Å². The van der Waals surface area contributed by atoms with Gasteiger partial charge in [-0.1, -0.05) is 59.3 Å². The van der Waals surface area contributed by atoms with Crippen LogP contribution in [0.5, 0.6) is 0 Å². The molecule has 0 aromatic heterocycles. The van der Waals surface area contributed by atoms with Gasteiger partial charge in [-0.2, -0.15) is 39.5 Å². The molecule has 202 valence electrons. The van der Waals surface area contributed by atoms with E-state index in [9.17, 15) is 49.1 Å². The maximum atomic E-state index is 13.6. The summed E-state index contributed by atoms with van der Waals surface area (Å²) >= 11 is 3.10. The number of halogens is 10. The Kier molecular flexibility index (Phi) is 9.61. The molecule has 0 saturated carbocycles. The van der Waals surface area contributed by atoms with Gasteiger partial charge >= 0.3 is 18.5 Å². The van der Waals surface area contributed by atoms with Gasteiger partial charge in [-0.25, -0.2) is 0 Å². The highest BCUT2D eigenvalue weighted by Crippen LogP contribution is 2.39. The van der Waals surface area contributed by atoms with Gasteiger partial charge in [0.05, 0.1) is 11.5 Å². The van der Waals surface area contributed by atoms with Crippen LogP contribution in [0.3, 0.4) is 0 Å². The highest BCUT2D eigenvalue weighted by atomic mass is 79.9. The number of Topliss-reactive ketones (excluding diaryl/α,β-unsaturated/α-hetero) is 1. The van der Waals surface area contributed by atoms with Crippen LogP contribution in [-0.2, 0) is 11.0 Å². The van der Waals surface area contributed by atoms with Gasteiger partial charge in [0.1, 0.15) is 6.54 Å². The van der Waals surface area contributed by atoms with Crippen molar-refractivity contribution >= 4 is 33.7 Å². The zero-order chi connectivity index (χ0) is 28.2. The molecule has 1 N–H and O–H groups in total. The lowest BCUT2D eigenvalue weighted by Crippen LogP contribution is -2.37. The first kappa shape index (κ1) is 30.4. The molecule has 1 amide bonds. The molecular formula is C24H19BrF9NO2. The van der Waals surface area contributed by atoms with Crippen molar-refractivity contribution in [3.8, 4) is 0 Å². The van der Waals surface area contributed by atoms with Gasteiger partial charge in [-0.15, -0.1) is 0 Å². The standard InChI is InChI=1S/C24H19BrF9NO2/c1-13(21(37)35-12-22(26,27)28)9-20(36)17-7-5-14(10-19(17)25)6-8-18(24(32,33)34)15-3-2-4-16(11-15)23(29,30)31/h2-8,10-11,13,18H,9,12H2,1H3,(H,35,37)/b8-6+/t13-,18?/m0/s1. The Morgan fingerprint density at radius 3 is 2.16 bits per heavy atom. The van der Waals surface area contributed by atoms with Gasteiger partial charge in [0.2, 0.25) is 5.91 Å². The molecule has 0 aliphatic rings. The molecule has 2 aromatic rings. The van der Waals surface area contributed by atoms with Crippen molar-refractivity contribution in [3.63, 3.8) is 0 Å². The molecule has 37 heavy (non-hydrogen) atoms. The highest BCUT2D eigenvalue weighted by molar-refractivity contribution is 9.10. The zero-order valence-corrected chi connectivity index (χ0v) is 20.4. The lowest BCUT2D eigenvalue weighted by molar-refractivity contribution is -0.142. The molecule has 3 nitrogen and oxygen atoms in total. The first-order valence-corrected chi connectivity index (χ1v) is 11.3. The summed E-state index contributed by atoms with van der Waals surface area (Å²) in [6.07, 6.45) is -13.0. The van der Waals surface area contributed by atoms with Crippen molar-refractivity contribution in [2.45, 2.75) is 37.8 Å². The fraction of sp³-hybridized carbons (Fsp3) is 0.333. The monoisotopic (exact) mass is 603 g/mol. The number of alkyl halides is 9. The van der Waals surface area contributed by atoms with Crippen LogP contribution in [0, 0.1) is 5.92 Å². The Morgan fingerprint density at radius 2 is 1.62 bits per heavy atom. The summed E-state index contributed by atoms with van der Waals surface area (Å²) in [5.74, 6) is -5.00. The average Bonchev–Trinajstić information content (AvgIpc) is 2.75. The van der Waals surface area contributed by atoms with Crippen LogP contribution >= 0.6 is 15.9 Å². The predicted octanol–water partition coefficient (Wildman–Crippen LogP) is 7.71. The Labute approximate surface area is 213 Å². The molecule has 2 rings (SSSR count). The number of rotatable bonds is 8. The largest absolute Gasteiger partial charge is 0.416 e. The third kappa shape index (κ3) is 9.20. The van der Waals surface area contributed by atoms with Crippen LogP contribution < -0.4 is 5.32 Å². The molecule has 2 atom stereocenters. The summed E-state index contributed by atoms with van der Waals surface area (Å²) in [5, 5.41) is 1.68. The summed E-state index contributed by atoms with van der Waals surface area (Å²) in [6, 6.07) is 6.72. The number of benzene rings is 2. The van der Waals surface area contributed by atoms with Crippen molar-refractivity contribution in [2.75, 3.05) is 6.54 Å². The minimum Gasteiger partial charge on any atom is -0.347 e. The second kappa shape index (κ2) is 11.7. The van der Waals surface area contributed by atoms with Crippen LogP contribution in [0.4, 0.5) is 39.5 Å². The Hall–Kier alpha value is -2.83. The summed E-state index contributed by atoms with van der Waals surface area (Å²) < 4.78 is 116. The van der Waals surface area contributed by atoms with E-state index in [0.29, 0.717) is 18.2 Å². The number of hydrogen-bond acceptors (Lipinski definition) is 2. The average molecular weight is 604 g/mol. The lowest BCUT2D eigenvalue weighted by atomic mass is 9.94. The normalized spacial score (nSPS) is 14.5.